The van der Waals surface area contributed by atoms with E-state index in [4.69, 9.17) is 0 Å². The normalized spacial score (nSPS) is 14.5. The average molecular weight is 385 g/mol. The second kappa shape index (κ2) is 9.60. The number of carbonyl (C=O) groups is 1. The second-order valence-corrected chi connectivity index (χ2v) is 6.42. The van der Waals surface area contributed by atoms with E-state index in [1.54, 1.807) is 18.5 Å². The first-order valence-corrected chi connectivity index (χ1v) is 9.15. The van der Waals surface area contributed by atoms with Crippen LogP contribution in [0.25, 0.3) is 0 Å². The molecule has 28 heavy (non-hydrogen) atoms. The summed E-state index contributed by atoms with van der Waals surface area (Å²) in [6.45, 7) is 5.04. The van der Waals surface area contributed by atoms with Gasteiger partial charge in [0.1, 0.15) is 0 Å². The van der Waals surface area contributed by atoms with Gasteiger partial charge in [0.2, 0.25) is 5.95 Å². The Morgan fingerprint density at radius 1 is 1.14 bits per heavy atom. The van der Waals surface area contributed by atoms with Gasteiger partial charge in [-0.15, -0.1) is 0 Å². The van der Waals surface area contributed by atoms with Gasteiger partial charge in [-0.3, -0.25) is 15.0 Å². The molecule has 1 aliphatic heterocycles. The van der Waals surface area contributed by atoms with Crippen molar-refractivity contribution in [3.8, 4) is 0 Å². The van der Waals surface area contributed by atoms with Crippen LogP contribution in [0.1, 0.15) is 6.42 Å². The number of hydrogen-bond acceptors (Lipinski definition) is 7. The average Bonchev–Trinajstić information content (AvgIpc) is 2.72. The molecule has 3 rings (SSSR count). The van der Waals surface area contributed by atoms with Gasteiger partial charge in [0.25, 0.3) is 5.69 Å². The maximum atomic E-state index is 11.9. The standard InChI is InChI=1S/C18H23N7O3/c26-18(22-15-4-1-5-16(14-15)25(27)28)21-8-3-9-23-10-12-24(13-11-23)17-19-6-2-7-20-17/h1-2,4-7,14H,3,8-13H2,(H2,21,22,26). The van der Waals surface area contributed by atoms with Gasteiger partial charge in [-0.1, -0.05) is 6.07 Å². The van der Waals surface area contributed by atoms with Crippen molar-refractivity contribution in [2.45, 2.75) is 6.42 Å². The Bertz CT molecular complexity index is 795. The van der Waals surface area contributed by atoms with Crippen molar-refractivity contribution in [2.24, 2.45) is 0 Å². The van der Waals surface area contributed by atoms with Crippen molar-refractivity contribution < 1.29 is 9.72 Å². The number of anilines is 2. The predicted octanol–water partition coefficient (Wildman–Crippen LogP) is 1.72. The zero-order valence-electron chi connectivity index (χ0n) is 15.5. The van der Waals surface area contributed by atoms with E-state index in [1.165, 1.54) is 18.2 Å². The Labute approximate surface area is 162 Å². The molecule has 1 saturated heterocycles. The third-order valence-electron chi connectivity index (χ3n) is 4.46. The molecule has 0 radical (unpaired) electrons. The van der Waals surface area contributed by atoms with Crippen LogP contribution in [0.2, 0.25) is 0 Å². The van der Waals surface area contributed by atoms with Crippen LogP contribution in [-0.4, -0.2) is 65.1 Å². The zero-order chi connectivity index (χ0) is 19.8. The summed E-state index contributed by atoms with van der Waals surface area (Å²) in [4.78, 5) is 35.3. The molecule has 2 N–H and O–H groups in total. The van der Waals surface area contributed by atoms with E-state index in [2.05, 4.69) is 30.4 Å². The SMILES string of the molecule is O=C(NCCCN1CCN(c2ncccn2)CC1)Nc1cccc([N+](=O)[O-])c1. The number of piperazine rings is 1. The molecule has 0 unspecified atom stereocenters. The van der Waals surface area contributed by atoms with Crippen molar-refractivity contribution in [3.63, 3.8) is 0 Å². The van der Waals surface area contributed by atoms with Crippen LogP contribution in [0, 0.1) is 10.1 Å². The number of benzene rings is 1. The summed E-state index contributed by atoms with van der Waals surface area (Å²) in [6, 6.07) is 7.30. The van der Waals surface area contributed by atoms with E-state index in [-0.39, 0.29) is 11.7 Å². The Balaban J connectivity index is 1.32. The summed E-state index contributed by atoms with van der Waals surface area (Å²) in [7, 11) is 0. The topological polar surface area (TPSA) is 117 Å². The summed E-state index contributed by atoms with van der Waals surface area (Å²) in [5.41, 5.74) is 0.337. The maximum absolute atomic E-state index is 11.9. The number of nitrogens with zero attached hydrogens (tertiary/aromatic N) is 5. The number of amides is 2. The van der Waals surface area contributed by atoms with E-state index >= 15 is 0 Å². The van der Waals surface area contributed by atoms with Crippen molar-refractivity contribution in [1.29, 1.82) is 0 Å². The summed E-state index contributed by atoms with van der Waals surface area (Å²) >= 11 is 0. The number of urea groups is 1. The van der Waals surface area contributed by atoms with Crippen molar-refractivity contribution in [1.82, 2.24) is 20.2 Å². The van der Waals surface area contributed by atoms with Gasteiger partial charge >= 0.3 is 6.03 Å². The summed E-state index contributed by atoms with van der Waals surface area (Å²) < 4.78 is 0. The molecule has 1 aromatic carbocycles. The molecule has 1 fully saturated rings. The Hall–Kier alpha value is -3.27. The van der Waals surface area contributed by atoms with Gasteiger partial charge in [-0.25, -0.2) is 14.8 Å². The number of aromatic nitrogens is 2. The minimum Gasteiger partial charge on any atom is -0.338 e. The molecule has 0 bridgehead atoms. The molecule has 0 aliphatic carbocycles. The largest absolute Gasteiger partial charge is 0.338 e. The molecular weight excluding hydrogens is 362 g/mol. The highest BCUT2D eigenvalue weighted by Gasteiger charge is 2.18. The van der Waals surface area contributed by atoms with Crippen molar-refractivity contribution in [3.05, 3.63) is 52.8 Å². The second-order valence-electron chi connectivity index (χ2n) is 6.42. The highest BCUT2D eigenvalue weighted by Crippen LogP contribution is 2.16. The molecule has 148 valence electrons. The van der Waals surface area contributed by atoms with E-state index < -0.39 is 4.92 Å². The number of hydrogen-bond donors (Lipinski definition) is 2. The lowest BCUT2D eigenvalue weighted by molar-refractivity contribution is -0.384. The van der Waals surface area contributed by atoms with Crippen LogP contribution >= 0.6 is 0 Å². The van der Waals surface area contributed by atoms with E-state index in [1.807, 2.05) is 6.07 Å². The molecule has 2 heterocycles. The fourth-order valence-electron chi connectivity index (χ4n) is 3.00. The van der Waals surface area contributed by atoms with Crippen LogP contribution in [0.15, 0.2) is 42.7 Å². The first kappa shape index (κ1) is 19.5. The van der Waals surface area contributed by atoms with E-state index in [9.17, 15) is 14.9 Å². The summed E-state index contributed by atoms with van der Waals surface area (Å²) in [6.07, 6.45) is 4.32. The molecule has 10 nitrogen and oxygen atoms in total. The highest BCUT2D eigenvalue weighted by atomic mass is 16.6. The van der Waals surface area contributed by atoms with Crippen molar-refractivity contribution in [2.75, 3.05) is 49.5 Å². The van der Waals surface area contributed by atoms with Crippen LogP contribution < -0.4 is 15.5 Å². The number of nitrogens with one attached hydrogen (secondary N) is 2. The highest BCUT2D eigenvalue weighted by molar-refractivity contribution is 5.89. The molecule has 1 aromatic heterocycles. The van der Waals surface area contributed by atoms with Gasteiger partial charge in [0, 0.05) is 62.9 Å². The number of rotatable bonds is 7. The first-order valence-electron chi connectivity index (χ1n) is 9.15. The molecule has 2 aromatic rings. The minimum atomic E-state index is -0.493. The third kappa shape index (κ3) is 5.61. The minimum absolute atomic E-state index is 0.0576. The first-order chi connectivity index (χ1) is 13.6. The molecule has 2 amide bonds. The zero-order valence-corrected chi connectivity index (χ0v) is 15.5. The quantitative estimate of drug-likeness (QED) is 0.423. The Kier molecular flexibility index (Phi) is 6.68. The van der Waals surface area contributed by atoms with Gasteiger partial charge in [0.05, 0.1) is 4.92 Å². The van der Waals surface area contributed by atoms with E-state index in [0.29, 0.717) is 12.2 Å². The molecule has 0 saturated carbocycles. The fourth-order valence-corrected chi connectivity index (χ4v) is 3.00. The number of nitro benzene ring substituents is 1. The van der Waals surface area contributed by atoms with Gasteiger partial charge in [-0.2, -0.15) is 0 Å². The fraction of sp³-hybridized carbons (Fsp3) is 0.389. The van der Waals surface area contributed by atoms with E-state index in [0.717, 1.165) is 45.1 Å². The van der Waals surface area contributed by atoms with Gasteiger partial charge in [0.15, 0.2) is 0 Å². The Morgan fingerprint density at radius 3 is 2.61 bits per heavy atom. The van der Waals surface area contributed by atoms with Gasteiger partial charge < -0.3 is 15.5 Å². The summed E-state index contributed by atoms with van der Waals surface area (Å²) in [5, 5.41) is 16.2. The molecule has 1 aliphatic rings. The van der Waals surface area contributed by atoms with Crippen molar-refractivity contribution >= 4 is 23.4 Å². The lowest BCUT2D eigenvalue weighted by atomic mass is 10.3. The number of carbonyl (C=O) groups excluding carboxylic acids is 1. The monoisotopic (exact) mass is 385 g/mol. The maximum Gasteiger partial charge on any atom is 0.319 e. The number of nitro groups is 1. The molecule has 0 atom stereocenters. The lowest BCUT2D eigenvalue weighted by Crippen LogP contribution is -2.47. The lowest BCUT2D eigenvalue weighted by Gasteiger charge is -2.34. The third-order valence-corrected chi connectivity index (χ3v) is 4.46. The van der Waals surface area contributed by atoms with Gasteiger partial charge in [-0.05, 0) is 25.1 Å². The van der Waals surface area contributed by atoms with Crippen LogP contribution in [0.4, 0.5) is 22.1 Å². The molecule has 10 heteroatoms. The number of non-ortho nitro benzene ring substituents is 1. The smallest absolute Gasteiger partial charge is 0.319 e. The summed E-state index contributed by atoms with van der Waals surface area (Å²) in [5.74, 6) is 0.765. The molecular formula is C18H23N7O3. The van der Waals surface area contributed by atoms with Crippen LogP contribution in [0.3, 0.4) is 0 Å². The van der Waals surface area contributed by atoms with Crippen LogP contribution in [0.5, 0.6) is 0 Å². The predicted molar refractivity (Wildman–Crippen MR) is 105 cm³/mol. The molecule has 0 spiro atoms. The Morgan fingerprint density at radius 2 is 1.89 bits per heavy atom. The van der Waals surface area contributed by atoms with Crippen LogP contribution in [-0.2, 0) is 0 Å².